The molecule has 31 heavy (non-hydrogen) atoms. The molecule has 0 bridgehead atoms. The minimum absolute atomic E-state index is 0. The molecule has 0 saturated carbocycles. The van der Waals surface area contributed by atoms with Gasteiger partial charge >= 0.3 is 41.5 Å². The first-order valence-electron chi connectivity index (χ1n) is 8.41. The average Bonchev–Trinajstić information content (AvgIpc) is 3.13. The number of anilines is 1. The first kappa shape index (κ1) is 25.1. The number of nitrogen functional groups attached to an aromatic ring is 1. The predicted octanol–water partition coefficient (Wildman–Crippen LogP) is -3.51. The monoisotopic (exact) mass is 479 g/mol. The molecule has 2 amide bonds. The average molecular weight is 479 g/mol. The van der Waals surface area contributed by atoms with E-state index in [1.54, 1.807) is 0 Å². The summed E-state index contributed by atoms with van der Waals surface area (Å²) >= 11 is 2.35. The number of aliphatic carboxylic acids is 1. The molecule has 2 atom stereocenters. The second-order valence-electron chi connectivity index (χ2n) is 6.09. The van der Waals surface area contributed by atoms with Crippen molar-refractivity contribution in [3.8, 4) is 0 Å². The van der Waals surface area contributed by atoms with Gasteiger partial charge in [-0.15, -0.1) is 23.1 Å². The van der Waals surface area contributed by atoms with Crippen molar-refractivity contribution in [1.29, 1.82) is 0 Å². The Hall–Kier alpha value is -2.13. The number of thioether (sulfide) groups is 1. The Morgan fingerprint density at radius 2 is 2.19 bits per heavy atom. The molecule has 2 aliphatic heterocycles. The van der Waals surface area contributed by atoms with Crippen LogP contribution in [-0.2, 0) is 28.8 Å². The van der Waals surface area contributed by atoms with Gasteiger partial charge in [-0.3, -0.25) is 19.3 Å². The maximum Gasteiger partial charge on any atom is 1.00 e. The number of β-lactam (4-membered cyclic amide) rings is 1. The maximum absolute atomic E-state index is 12.7. The molecule has 15 heteroatoms. The van der Waals surface area contributed by atoms with Crippen LogP contribution in [0, 0.1) is 0 Å². The molecular weight excluding hydrogens is 461 g/mol. The third-order valence-corrected chi connectivity index (χ3v) is 6.16. The van der Waals surface area contributed by atoms with Gasteiger partial charge in [-0.2, -0.15) is 0 Å². The smallest absolute Gasteiger partial charge is 1.00 e. The van der Waals surface area contributed by atoms with Gasteiger partial charge in [0.15, 0.2) is 10.8 Å². The number of nitrogens with zero attached hydrogens (tertiary/aromatic N) is 3. The van der Waals surface area contributed by atoms with Gasteiger partial charge in [-0.05, 0) is 0 Å². The van der Waals surface area contributed by atoms with Crippen molar-refractivity contribution in [2.75, 3.05) is 25.2 Å². The van der Waals surface area contributed by atoms with Gasteiger partial charge < -0.3 is 27.2 Å². The number of esters is 1. The van der Waals surface area contributed by atoms with Crippen LogP contribution in [0.25, 0.3) is 0 Å². The Morgan fingerprint density at radius 3 is 2.74 bits per heavy atom. The third kappa shape index (κ3) is 5.20. The van der Waals surface area contributed by atoms with E-state index in [-0.39, 0.29) is 65.6 Å². The molecule has 1 saturated heterocycles. The van der Waals surface area contributed by atoms with Gasteiger partial charge in [-0.1, -0.05) is 5.16 Å². The van der Waals surface area contributed by atoms with E-state index in [2.05, 4.69) is 20.3 Å². The van der Waals surface area contributed by atoms with E-state index in [4.69, 9.17) is 10.5 Å². The van der Waals surface area contributed by atoms with Crippen molar-refractivity contribution in [1.82, 2.24) is 15.2 Å². The molecule has 1 aromatic heterocycles. The summed E-state index contributed by atoms with van der Waals surface area (Å²) in [5, 5.41) is 16.9. The number of rotatable bonds is 7. The van der Waals surface area contributed by atoms with E-state index < -0.39 is 35.2 Å². The van der Waals surface area contributed by atoms with Crippen LogP contribution in [0.3, 0.4) is 0 Å². The molecule has 0 radical (unpaired) electrons. The summed E-state index contributed by atoms with van der Waals surface area (Å²) in [5.74, 6) is -2.98. The number of carboxylic acids is 1. The van der Waals surface area contributed by atoms with E-state index in [9.17, 15) is 24.3 Å². The molecule has 1 aromatic rings. The van der Waals surface area contributed by atoms with Gasteiger partial charge in [0, 0.05) is 23.6 Å². The summed E-state index contributed by atoms with van der Waals surface area (Å²) in [6.45, 7) is 0.975. The minimum atomic E-state index is -1.32. The zero-order valence-electron chi connectivity index (χ0n) is 17.8. The first-order valence-corrected chi connectivity index (χ1v) is 10.3. The van der Waals surface area contributed by atoms with E-state index in [1.807, 2.05) is 0 Å². The topological polar surface area (TPSA) is 174 Å². The standard InChI is InChI=1S/C16H17N5O7S2.Na.H/c1-6(22)28-3-7-4-29-14-10(13(24)21(14)11(7)15(25)26)19-12(23)9(20-27-2)8-5-30-16(17)18-8;;/h5,10,14H,3-4H2,1-2H3,(H2,17,18)(H,19,23)(H,25,26);;/q;+1;-1/t10-,14-;;/m1../s1. The van der Waals surface area contributed by atoms with Crippen LogP contribution in [0.2, 0.25) is 0 Å². The Bertz CT molecular complexity index is 986. The van der Waals surface area contributed by atoms with Gasteiger partial charge in [-0.25, -0.2) is 9.78 Å². The number of carboxylic acid groups (broad SMARTS) is 1. The number of carbonyl (C=O) groups is 4. The maximum atomic E-state index is 12.7. The Balaban J connectivity index is 0.00000256. The van der Waals surface area contributed by atoms with Crippen LogP contribution in [0.1, 0.15) is 14.0 Å². The fourth-order valence-electron chi connectivity index (χ4n) is 2.88. The fraction of sp³-hybridized carbons (Fsp3) is 0.375. The summed E-state index contributed by atoms with van der Waals surface area (Å²) in [4.78, 5) is 57.8. The first-order chi connectivity index (χ1) is 14.2. The summed E-state index contributed by atoms with van der Waals surface area (Å²) in [5.41, 5.74) is 5.67. The van der Waals surface area contributed by atoms with Crippen LogP contribution in [0.15, 0.2) is 21.8 Å². The van der Waals surface area contributed by atoms with Crippen molar-refractivity contribution in [2.45, 2.75) is 18.3 Å². The van der Waals surface area contributed by atoms with E-state index in [0.29, 0.717) is 5.57 Å². The number of carbonyl (C=O) groups excluding carboxylic acids is 3. The van der Waals surface area contributed by atoms with E-state index in [0.717, 1.165) is 16.2 Å². The van der Waals surface area contributed by atoms with Gasteiger partial charge in [0.2, 0.25) is 0 Å². The molecular formula is C16H18N5NaO7S2. The number of hydrogen-bond donors (Lipinski definition) is 3. The van der Waals surface area contributed by atoms with Crippen molar-refractivity contribution < 1.29 is 64.8 Å². The number of nitrogens with one attached hydrogen (secondary N) is 1. The van der Waals surface area contributed by atoms with Crippen molar-refractivity contribution >= 4 is 57.7 Å². The van der Waals surface area contributed by atoms with Crippen LogP contribution in [0.5, 0.6) is 0 Å². The molecule has 0 unspecified atom stereocenters. The third-order valence-electron chi connectivity index (χ3n) is 4.15. The SMILES string of the molecule is CON=C(C(=O)N[C@@H]1C(=O)N2C(C(=O)O)=C(COC(C)=O)CS[C@H]12)c1csc(N)n1.[H-].[Na+]. The quantitative estimate of drug-likeness (QED) is 0.117. The molecule has 0 aromatic carbocycles. The van der Waals surface area contributed by atoms with Gasteiger partial charge in [0.1, 0.15) is 36.5 Å². The molecule has 162 valence electrons. The summed E-state index contributed by atoms with van der Waals surface area (Å²) in [7, 11) is 1.25. The fourth-order valence-corrected chi connectivity index (χ4v) is 4.76. The molecule has 0 spiro atoms. The molecule has 0 aliphatic carbocycles. The predicted molar refractivity (Wildman–Crippen MR) is 108 cm³/mol. The summed E-state index contributed by atoms with van der Waals surface area (Å²) in [6, 6.07) is -0.967. The van der Waals surface area contributed by atoms with Crippen molar-refractivity contribution in [3.05, 3.63) is 22.3 Å². The summed E-state index contributed by atoms with van der Waals surface area (Å²) < 4.78 is 4.88. The molecule has 2 aliphatic rings. The number of amides is 2. The number of fused-ring (bicyclic) bond motifs is 1. The van der Waals surface area contributed by atoms with Gasteiger partial charge in [0.25, 0.3) is 11.8 Å². The number of oxime groups is 1. The molecule has 4 N–H and O–H groups in total. The zero-order chi connectivity index (χ0) is 22.0. The second kappa shape index (κ2) is 10.5. The van der Waals surface area contributed by atoms with Crippen LogP contribution in [0.4, 0.5) is 5.13 Å². The Kier molecular flexibility index (Phi) is 8.48. The Labute approximate surface area is 208 Å². The molecule has 12 nitrogen and oxygen atoms in total. The van der Waals surface area contributed by atoms with Crippen molar-refractivity contribution in [2.24, 2.45) is 5.16 Å². The molecule has 3 rings (SSSR count). The number of thiazole rings is 1. The number of ether oxygens (including phenoxy) is 1. The van der Waals surface area contributed by atoms with E-state index in [1.165, 1.54) is 31.2 Å². The van der Waals surface area contributed by atoms with E-state index >= 15 is 0 Å². The van der Waals surface area contributed by atoms with Crippen LogP contribution >= 0.6 is 23.1 Å². The van der Waals surface area contributed by atoms with Crippen molar-refractivity contribution in [3.63, 3.8) is 0 Å². The normalized spacial score (nSPS) is 20.3. The van der Waals surface area contributed by atoms with Gasteiger partial charge in [0.05, 0.1) is 0 Å². The minimum Gasteiger partial charge on any atom is -1.00 e. The molecule has 1 fully saturated rings. The Morgan fingerprint density at radius 1 is 1.48 bits per heavy atom. The number of hydrogen-bond acceptors (Lipinski definition) is 11. The summed E-state index contributed by atoms with van der Waals surface area (Å²) in [6.07, 6.45) is 0. The zero-order valence-corrected chi connectivity index (χ0v) is 20.4. The number of nitrogens with two attached hydrogens (primary N) is 1. The molecule has 3 heterocycles. The number of aromatic nitrogens is 1. The van der Waals surface area contributed by atoms with Crippen LogP contribution in [-0.4, -0.2) is 75.3 Å². The second-order valence-corrected chi connectivity index (χ2v) is 8.09. The van der Waals surface area contributed by atoms with Crippen LogP contribution < -0.4 is 40.6 Å². The largest absolute Gasteiger partial charge is 1.00 e.